The van der Waals surface area contributed by atoms with Gasteiger partial charge in [0.1, 0.15) is 19.3 Å². The minimum absolute atomic E-state index is 0.196. The van der Waals surface area contributed by atoms with Gasteiger partial charge in [-0.1, -0.05) is 60.7 Å². The van der Waals surface area contributed by atoms with Crippen LogP contribution in [0.3, 0.4) is 0 Å². The molecule has 2 aromatic carbocycles. The minimum atomic E-state index is -0.622. The van der Waals surface area contributed by atoms with Crippen molar-refractivity contribution >= 4 is 23.2 Å². The van der Waals surface area contributed by atoms with E-state index in [0.717, 1.165) is 23.1 Å². The van der Waals surface area contributed by atoms with Gasteiger partial charge in [-0.05, 0) is 18.1 Å². The van der Waals surface area contributed by atoms with Crippen molar-refractivity contribution in [3.8, 4) is 0 Å². The number of nitrogens with one attached hydrogen (secondary N) is 1. The van der Waals surface area contributed by atoms with Crippen molar-refractivity contribution in [1.82, 2.24) is 4.72 Å². The molecule has 0 aliphatic carbocycles. The van der Waals surface area contributed by atoms with Crippen LogP contribution in [0, 0.1) is 0 Å². The van der Waals surface area contributed by atoms with Crippen LogP contribution in [0.4, 0.5) is 4.79 Å². The predicted octanol–water partition coefficient (Wildman–Crippen LogP) is 3.69. The molecule has 0 spiro atoms. The highest BCUT2D eigenvalue weighted by molar-refractivity contribution is 8.11. The molecule has 2 aromatic rings. The maximum absolute atomic E-state index is 11.9. The predicted molar refractivity (Wildman–Crippen MR) is 93.1 cm³/mol. The second-order valence-electron chi connectivity index (χ2n) is 5.06. The molecule has 1 atom stereocenters. The van der Waals surface area contributed by atoms with E-state index >= 15 is 0 Å². The number of rotatable bonds is 7. The summed E-state index contributed by atoms with van der Waals surface area (Å²) in [4.78, 5) is 23.5. The molecular weight excluding hydrogens is 326 g/mol. The SMILES string of the molecule is CC(NSC(=O)OCc1ccccc1)C(=O)OCc1ccccc1. The molecule has 0 saturated heterocycles. The van der Waals surface area contributed by atoms with Crippen LogP contribution in [0.1, 0.15) is 18.1 Å². The fourth-order valence-corrected chi connectivity index (χ4v) is 2.27. The molecule has 0 radical (unpaired) electrons. The van der Waals surface area contributed by atoms with E-state index in [2.05, 4.69) is 4.72 Å². The Hall–Kier alpha value is -2.31. The van der Waals surface area contributed by atoms with Crippen molar-refractivity contribution in [2.24, 2.45) is 0 Å². The van der Waals surface area contributed by atoms with E-state index in [-0.39, 0.29) is 13.2 Å². The van der Waals surface area contributed by atoms with Crippen LogP contribution in [-0.4, -0.2) is 17.3 Å². The number of ether oxygens (including phenoxy) is 2. The Morgan fingerprint density at radius 3 is 1.96 bits per heavy atom. The number of carbonyl (C=O) groups is 2. The maximum atomic E-state index is 11.9. The molecule has 24 heavy (non-hydrogen) atoms. The number of esters is 1. The number of benzene rings is 2. The summed E-state index contributed by atoms with van der Waals surface area (Å²) in [5, 5.41) is -0.499. The number of hydrogen-bond acceptors (Lipinski definition) is 6. The molecule has 0 heterocycles. The van der Waals surface area contributed by atoms with Crippen molar-refractivity contribution in [3.63, 3.8) is 0 Å². The van der Waals surface area contributed by atoms with Crippen LogP contribution in [0.2, 0.25) is 0 Å². The first-order chi connectivity index (χ1) is 11.6. The van der Waals surface area contributed by atoms with Gasteiger partial charge in [-0.25, -0.2) is 9.52 Å². The van der Waals surface area contributed by atoms with E-state index in [1.54, 1.807) is 6.92 Å². The summed E-state index contributed by atoms with van der Waals surface area (Å²) in [6, 6.07) is 18.2. The Morgan fingerprint density at radius 1 is 0.917 bits per heavy atom. The molecule has 1 unspecified atom stereocenters. The van der Waals surface area contributed by atoms with Crippen LogP contribution in [0.25, 0.3) is 0 Å². The monoisotopic (exact) mass is 345 g/mol. The second-order valence-corrected chi connectivity index (χ2v) is 5.83. The third-order valence-electron chi connectivity index (χ3n) is 3.10. The minimum Gasteiger partial charge on any atom is -0.460 e. The average molecular weight is 345 g/mol. The van der Waals surface area contributed by atoms with Gasteiger partial charge in [0.15, 0.2) is 0 Å². The zero-order valence-corrected chi connectivity index (χ0v) is 14.1. The fraction of sp³-hybridized carbons (Fsp3) is 0.222. The van der Waals surface area contributed by atoms with Gasteiger partial charge in [0.05, 0.1) is 0 Å². The van der Waals surface area contributed by atoms with Gasteiger partial charge >= 0.3 is 11.3 Å². The molecule has 1 N–H and O–H groups in total. The lowest BCUT2D eigenvalue weighted by Gasteiger charge is -2.12. The topological polar surface area (TPSA) is 64.6 Å². The van der Waals surface area contributed by atoms with Crippen LogP contribution >= 0.6 is 11.9 Å². The van der Waals surface area contributed by atoms with Gasteiger partial charge in [0.25, 0.3) is 0 Å². The molecule has 0 fully saturated rings. The maximum Gasteiger partial charge on any atom is 0.382 e. The molecule has 126 valence electrons. The zero-order chi connectivity index (χ0) is 17.2. The summed E-state index contributed by atoms with van der Waals surface area (Å²) < 4.78 is 13.0. The highest BCUT2D eigenvalue weighted by Gasteiger charge is 2.16. The largest absolute Gasteiger partial charge is 0.460 e. The van der Waals surface area contributed by atoms with Crippen molar-refractivity contribution in [3.05, 3.63) is 71.8 Å². The summed E-state index contributed by atoms with van der Waals surface area (Å²) >= 11 is 0.742. The first-order valence-electron chi connectivity index (χ1n) is 7.49. The highest BCUT2D eigenvalue weighted by Crippen LogP contribution is 2.08. The number of hydrogen-bond donors (Lipinski definition) is 1. The Labute approximate surface area is 145 Å². The molecule has 0 amide bonds. The van der Waals surface area contributed by atoms with Crippen LogP contribution in [0.5, 0.6) is 0 Å². The van der Waals surface area contributed by atoms with Gasteiger partial charge < -0.3 is 9.47 Å². The Bertz CT molecular complexity index is 649. The quantitative estimate of drug-likeness (QED) is 0.610. The van der Waals surface area contributed by atoms with Crippen LogP contribution < -0.4 is 4.72 Å². The standard InChI is InChI=1S/C18H19NO4S/c1-14(17(20)22-12-15-8-4-2-5-9-15)19-24-18(21)23-13-16-10-6-3-7-11-16/h2-11,14,19H,12-13H2,1H3. The van der Waals surface area contributed by atoms with Gasteiger partial charge in [-0.2, -0.15) is 0 Å². The number of carbonyl (C=O) groups excluding carboxylic acids is 2. The summed E-state index contributed by atoms with van der Waals surface area (Å²) in [7, 11) is 0. The molecule has 0 aromatic heterocycles. The van der Waals surface area contributed by atoms with Gasteiger partial charge in [0, 0.05) is 11.9 Å². The lowest BCUT2D eigenvalue weighted by atomic mass is 10.2. The summed E-state index contributed by atoms with van der Waals surface area (Å²) in [6.45, 7) is 2.03. The first kappa shape index (κ1) is 18.0. The van der Waals surface area contributed by atoms with Crippen molar-refractivity contribution in [2.75, 3.05) is 0 Å². The molecular formula is C18H19NO4S. The Balaban J connectivity index is 1.65. The van der Waals surface area contributed by atoms with E-state index in [9.17, 15) is 9.59 Å². The summed E-state index contributed by atoms with van der Waals surface area (Å²) in [6.07, 6.45) is 0. The van der Waals surface area contributed by atoms with Crippen molar-refractivity contribution in [1.29, 1.82) is 0 Å². The second kappa shape index (κ2) is 9.75. The first-order valence-corrected chi connectivity index (χ1v) is 8.30. The molecule has 0 bridgehead atoms. The Morgan fingerprint density at radius 2 is 1.42 bits per heavy atom. The van der Waals surface area contributed by atoms with E-state index < -0.39 is 17.3 Å². The van der Waals surface area contributed by atoms with Gasteiger partial charge in [-0.15, -0.1) is 0 Å². The average Bonchev–Trinajstić information content (AvgIpc) is 2.64. The summed E-state index contributed by atoms with van der Waals surface area (Å²) in [5.74, 6) is -0.429. The molecule has 0 saturated carbocycles. The Kier molecular flexibility index (Phi) is 7.32. The lowest BCUT2D eigenvalue weighted by Crippen LogP contribution is -2.31. The third kappa shape index (κ3) is 6.44. The smallest absolute Gasteiger partial charge is 0.382 e. The van der Waals surface area contributed by atoms with E-state index in [1.807, 2.05) is 60.7 Å². The van der Waals surface area contributed by atoms with E-state index in [1.165, 1.54) is 0 Å². The van der Waals surface area contributed by atoms with E-state index in [0.29, 0.717) is 0 Å². The summed E-state index contributed by atoms with van der Waals surface area (Å²) in [5.41, 5.74) is 1.81. The van der Waals surface area contributed by atoms with Crippen LogP contribution in [0.15, 0.2) is 60.7 Å². The van der Waals surface area contributed by atoms with Gasteiger partial charge in [-0.3, -0.25) is 4.79 Å². The van der Waals surface area contributed by atoms with Gasteiger partial charge in [0.2, 0.25) is 0 Å². The molecule has 2 rings (SSSR count). The zero-order valence-electron chi connectivity index (χ0n) is 13.3. The normalized spacial score (nSPS) is 11.5. The third-order valence-corrected chi connectivity index (χ3v) is 3.85. The van der Waals surface area contributed by atoms with Crippen molar-refractivity contribution < 1.29 is 19.1 Å². The van der Waals surface area contributed by atoms with Crippen LogP contribution in [-0.2, 0) is 27.5 Å². The lowest BCUT2D eigenvalue weighted by molar-refractivity contribution is -0.146. The molecule has 6 heteroatoms. The van der Waals surface area contributed by atoms with Crippen molar-refractivity contribution in [2.45, 2.75) is 26.2 Å². The highest BCUT2D eigenvalue weighted by atomic mass is 32.2. The molecule has 0 aliphatic heterocycles. The van der Waals surface area contributed by atoms with E-state index in [4.69, 9.17) is 9.47 Å². The fourth-order valence-electron chi connectivity index (χ4n) is 1.78. The molecule has 0 aliphatic rings. The molecule has 5 nitrogen and oxygen atoms in total.